The number of hydrogen-bond acceptors (Lipinski definition) is 5. The Morgan fingerprint density at radius 3 is 2.52 bits per heavy atom. The molecular formula is C18H14N2O4S. The molecule has 1 heterocycles. The molecule has 0 radical (unpaired) electrons. The van der Waals surface area contributed by atoms with E-state index < -0.39 is 4.92 Å². The van der Waals surface area contributed by atoms with Crippen LogP contribution in [0.2, 0.25) is 0 Å². The quantitative estimate of drug-likeness (QED) is 0.468. The lowest BCUT2D eigenvalue weighted by Crippen LogP contribution is -2.27. The summed E-state index contributed by atoms with van der Waals surface area (Å²) in [5.41, 5.74) is 2.56. The Hall–Kier alpha value is -2.93. The fourth-order valence-electron chi connectivity index (χ4n) is 2.47. The van der Waals surface area contributed by atoms with Crippen molar-refractivity contribution in [3.8, 4) is 0 Å². The van der Waals surface area contributed by atoms with Gasteiger partial charge in [0.25, 0.3) is 16.8 Å². The van der Waals surface area contributed by atoms with Crippen molar-refractivity contribution >= 4 is 34.7 Å². The third-order valence-electron chi connectivity index (χ3n) is 3.70. The molecule has 0 atom stereocenters. The van der Waals surface area contributed by atoms with Crippen LogP contribution in [0.1, 0.15) is 16.7 Å². The third kappa shape index (κ3) is 3.77. The molecule has 0 saturated carbocycles. The van der Waals surface area contributed by atoms with Crippen LogP contribution in [0, 0.1) is 17.0 Å². The van der Waals surface area contributed by atoms with E-state index in [1.165, 1.54) is 17.0 Å². The Morgan fingerprint density at radius 1 is 1.16 bits per heavy atom. The fraction of sp³-hybridized carbons (Fsp3) is 0.111. The van der Waals surface area contributed by atoms with E-state index in [1.54, 1.807) is 18.2 Å². The van der Waals surface area contributed by atoms with Gasteiger partial charge in [-0.05, 0) is 48.0 Å². The second-order valence-corrected chi connectivity index (χ2v) is 6.60. The number of carbonyl (C=O) groups is 2. The normalized spacial score (nSPS) is 15.9. The lowest BCUT2D eigenvalue weighted by Gasteiger charge is -2.12. The minimum absolute atomic E-state index is 0.0234. The summed E-state index contributed by atoms with van der Waals surface area (Å²) in [4.78, 5) is 36.4. The zero-order valence-corrected chi connectivity index (χ0v) is 14.2. The van der Waals surface area contributed by atoms with Gasteiger partial charge in [-0.2, -0.15) is 0 Å². The van der Waals surface area contributed by atoms with Gasteiger partial charge >= 0.3 is 0 Å². The van der Waals surface area contributed by atoms with E-state index in [0.29, 0.717) is 10.5 Å². The molecule has 3 rings (SSSR count). The van der Waals surface area contributed by atoms with Crippen molar-refractivity contribution in [2.75, 3.05) is 0 Å². The molecule has 7 heteroatoms. The van der Waals surface area contributed by atoms with Gasteiger partial charge in [0.05, 0.1) is 16.4 Å². The number of thioether (sulfide) groups is 1. The van der Waals surface area contributed by atoms with Crippen LogP contribution in [0.25, 0.3) is 6.08 Å². The molecule has 25 heavy (non-hydrogen) atoms. The second-order valence-electron chi connectivity index (χ2n) is 5.61. The highest BCUT2D eigenvalue weighted by molar-refractivity contribution is 8.18. The van der Waals surface area contributed by atoms with Crippen LogP contribution in [0.15, 0.2) is 53.4 Å². The summed E-state index contributed by atoms with van der Waals surface area (Å²) in [5, 5.41) is 10.4. The molecule has 2 aromatic rings. The smallest absolute Gasteiger partial charge is 0.268 e. The number of nitro groups is 1. The van der Waals surface area contributed by atoms with Crippen LogP contribution in [-0.4, -0.2) is 21.0 Å². The van der Waals surface area contributed by atoms with Gasteiger partial charge in [-0.15, -0.1) is 0 Å². The maximum Gasteiger partial charge on any atom is 0.293 e. The highest BCUT2D eigenvalue weighted by Gasteiger charge is 2.34. The number of non-ortho nitro benzene ring substituents is 1. The maximum atomic E-state index is 12.5. The monoisotopic (exact) mass is 354 g/mol. The van der Waals surface area contributed by atoms with Crippen LogP contribution in [0.5, 0.6) is 0 Å². The van der Waals surface area contributed by atoms with Gasteiger partial charge in [0, 0.05) is 12.1 Å². The second kappa shape index (κ2) is 6.90. The number of hydrogen-bond donors (Lipinski definition) is 0. The summed E-state index contributed by atoms with van der Waals surface area (Å²) in [6, 6.07) is 13.5. The van der Waals surface area contributed by atoms with E-state index in [2.05, 4.69) is 0 Å². The summed E-state index contributed by atoms with van der Waals surface area (Å²) in [7, 11) is 0. The van der Waals surface area contributed by atoms with Crippen LogP contribution < -0.4 is 0 Å². The van der Waals surface area contributed by atoms with E-state index in [1.807, 2.05) is 31.2 Å². The minimum Gasteiger partial charge on any atom is -0.268 e. The minimum atomic E-state index is -0.487. The third-order valence-corrected chi connectivity index (χ3v) is 4.61. The standard InChI is InChI=1S/C18H14N2O4S/c1-12-3-2-4-14(9-12)11-19-17(21)16(25-18(19)22)10-13-5-7-15(8-6-13)20(23)24/h2-10H,11H2,1H3/b16-10+. The zero-order chi connectivity index (χ0) is 18.0. The Labute approximate surface area is 148 Å². The number of benzene rings is 2. The molecule has 2 amide bonds. The van der Waals surface area contributed by atoms with Gasteiger partial charge in [-0.3, -0.25) is 24.6 Å². The molecule has 0 bridgehead atoms. The summed E-state index contributed by atoms with van der Waals surface area (Å²) >= 11 is 0.875. The van der Waals surface area contributed by atoms with Gasteiger partial charge in [0.2, 0.25) is 0 Å². The Morgan fingerprint density at radius 2 is 1.88 bits per heavy atom. The molecule has 0 spiro atoms. The summed E-state index contributed by atoms with van der Waals surface area (Å²) in [6.45, 7) is 2.18. The molecule has 2 aromatic carbocycles. The predicted octanol–water partition coefficient (Wildman–Crippen LogP) is 4.14. The van der Waals surface area contributed by atoms with Crippen LogP contribution >= 0.6 is 11.8 Å². The van der Waals surface area contributed by atoms with Crippen molar-refractivity contribution in [3.05, 3.63) is 80.2 Å². The topological polar surface area (TPSA) is 80.5 Å². The molecule has 0 N–H and O–H groups in total. The largest absolute Gasteiger partial charge is 0.293 e. The van der Waals surface area contributed by atoms with E-state index in [0.717, 1.165) is 22.9 Å². The van der Waals surface area contributed by atoms with Crippen LogP contribution in [0.4, 0.5) is 10.5 Å². The van der Waals surface area contributed by atoms with E-state index >= 15 is 0 Å². The van der Waals surface area contributed by atoms with Crippen molar-refractivity contribution in [2.45, 2.75) is 13.5 Å². The van der Waals surface area contributed by atoms with Crippen molar-refractivity contribution in [1.82, 2.24) is 4.90 Å². The van der Waals surface area contributed by atoms with Crippen LogP contribution in [-0.2, 0) is 11.3 Å². The van der Waals surface area contributed by atoms with E-state index in [-0.39, 0.29) is 23.4 Å². The van der Waals surface area contributed by atoms with Crippen molar-refractivity contribution in [3.63, 3.8) is 0 Å². The molecule has 1 aliphatic rings. The van der Waals surface area contributed by atoms with Crippen molar-refractivity contribution in [1.29, 1.82) is 0 Å². The molecule has 126 valence electrons. The summed E-state index contributed by atoms with van der Waals surface area (Å²) < 4.78 is 0. The molecule has 1 saturated heterocycles. The zero-order valence-electron chi connectivity index (χ0n) is 13.3. The average molecular weight is 354 g/mol. The maximum absolute atomic E-state index is 12.5. The van der Waals surface area contributed by atoms with Crippen LogP contribution in [0.3, 0.4) is 0 Å². The highest BCUT2D eigenvalue weighted by atomic mass is 32.2. The van der Waals surface area contributed by atoms with Gasteiger partial charge in [-0.1, -0.05) is 29.8 Å². The van der Waals surface area contributed by atoms with Crippen molar-refractivity contribution < 1.29 is 14.5 Å². The van der Waals surface area contributed by atoms with Gasteiger partial charge in [-0.25, -0.2) is 0 Å². The number of carbonyl (C=O) groups excluding carboxylic acids is 2. The number of imide groups is 1. The molecule has 1 fully saturated rings. The van der Waals surface area contributed by atoms with Gasteiger partial charge in [0.15, 0.2) is 0 Å². The molecule has 0 aliphatic carbocycles. The number of nitro benzene ring substituents is 1. The number of aryl methyl sites for hydroxylation is 1. The highest BCUT2D eigenvalue weighted by Crippen LogP contribution is 2.33. The molecule has 1 aliphatic heterocycles. The van der Waals surface area contributed by atoms with E-state index in [4.69, 9.17) is 0 Å². The van der Waals surface area contributed by atoms with Crippen molar-refractivity contribution in [2.24, 2.45) is 0 Å². The first kappa shape index (κ1) is 16.9. The number of nitrogens with zero attached hydrogens (tertiary/aromatic N) is 2. The first-order valence-corrected chi connectivity index (χ1v) is 8.31. The Kier molecular flexibility index (Phi) is 4.67. The molecule has 0 unspecified atom stereocenters. The predicted molar refractivity (Wildman–Crippen MR) is 95.8 cm³/mol. The SMILES string of the molecule is Cc1cccc(CN2C(=O)S/C(=C/c3ccc([N+](=O)[O-])cc3)C2=O)c1. The number of rotatable bonds is 4. The van der Waals surface area contributed by atoms with E-state index in [9.17, 15) is 19.7 Å². The Balaban J connectivity index is 1.79. The van der Waals surface area contributed by atoms with Gasteiger partial charge < -0.3 is 0 Å². The summed E-state index contributed by atoms with van der Waals surface area (Å²) in [6.07, 6.45) is 1.57. The molecule has 6 nitrogen and oxygen atoms in total. The number of amides is 2. The fourth-order valence-corrected chi connectivity index (χ4v) is 3.31. The Bertz CT molecular complexity index is 890. The first-order chi connectivity index (χ1) is 11.9. The lowest BCUT2D eigenvalue weighted by atomic mass is 10.1. The van der Waals surface area contributed by atoms with Gasteiger partial charge in [0.1, 0.15) is 0 Å². The average Bonchev–Trinajstić information content (AvgIpc) is 2.83. The molecule has 0 aromatic heterocycles. The summed E-state index contributed by atoms with van der Waals surface area (Å²) in [5.74, 6) is -0.352. The first-order valence-electron chi connectivity index (χ1n) is 7.49. The molecular weight excluding hydrogens is 340 g/mol. The lowest BCUT2D eigenvalue weighted by molar-refractivity contribution is -0.384.